The van der Waals surface area contributed by atoms with E-state index in [1.807, 2.05) is 38.1 Å². The topological polar surface area (TPSA) is 89.4 Å². The highest BCUT2D eigenvalue weighted by Crippen LogP contribution is 2.23. The van der Waals surface area contributed by atoms with Gasteiger partial charge in [-0.05, 0) is 38.1 Å². The van der Waals surface area contributed by atoms with Gasteiger partial charge in [-0.15, -0.1) is 0 Å². The molecule has 0 radical (unpaired) electrons. The van der Waals surface area contributed by atoms with Crippen LogP contribution in [0.25, 0.3) is 10.9 Å². The van der Waals surface area contributed by atoms with Crippen molar-refractivity contribution in [2.75, 3.05) is 12.9 Å². The Morgan fingerprint density at radius 2 is 1.96 bits per heavy atom. The third kappa shape index (κ3) is 5.17. The highest BCUT2D eigenvalue weighted by Gasteiger charge is 2.07. The average Bonchev–Trinajstić information content (AvgIpc) is 2.65. The molecule has 0 atom stereocenters. The normalized spacial score (nSPS) is 11.1. The summed E-state index contributed by atoms with van der Waals surface area (Å²) in [6, 6.07) is 9.25. The predicted molar refractivity (Wildman–Crippen MR) is 111 cm³/mol. The number of rotatable bonds is 6. The highest BCUT2D eigenvalue weighted by molar-refractivity contribution is 7.99. The van der Waals surface area contributed by atoms with E-state index in [4.69, 9.17) is 16.3 Å². The number of carbonyl (C=O) groups is 1. The molecule has 28 heavy (non-hydrogen) atoms. The van der Waals surface area contributed by atoms with E-state index in [0.29, 0.717) is 16.5 Å². The maximum Gasteiger partial charge on any atom is 0.250 e. The number of aryl methyl sites for hydroxylation is 2. The van der Waals surface area contributed by atoms with Crippen molar-refractivity contribution in [1.82, 2.24) is 20.4 Å². The van der Waals surface area contributed by atoms with Crippen molar-refractivity contribution in [3.63, 3.8) is 0 Å². The molecule has 0 unspecified atom stereocenters. The average molecular weight is 416 g/mol. The molecule has 2 aromatic heterocycles. The second-order valence-corrected chi connectivity index (χ2v) is 7.24. The van der Waals surface area contributed by atoms with Crippen molar-refractivity contribution in [1.29, 1.82) is 0 Å². The lowest BCUT2D eigenvalue weighted by Crippen LogP contribution is -2.19. The van der Waals surface area contributed by atoms with Gasteiger partial charge in [-0.2, -0.15) is 5.10 Å². The zero-order valence-corrected chi connectivity index (χ0v) is 17.1. The second-order valence-electron chi connectivity index (χ2n) is 5.94. The molecule has 1 N–H and O–H groups in total. The number of fused-ring (bicyclic) bond motifs is 1. The summed E-state index contributed by atoms with van der Waals surface area (Å²) in [7, 11) is 1.59. The Bertz CT molecular complexity index is 1040. The van der Waals surface area contributed by atoms with Crippen molar-refractivity contribution in [2.45, 2.75) is 19.0 Å². The zero-order valence-electron chi connectivity index (χ0n) is 15.6. The fraction of sp³-hybridized carbons (Fsp3) is 0.211. The Morgan fingerprint density at radius 1 is 1.21 bits per heavy atom. The minimum absolute atomic E-state index is 0.156. The van der Waals surface area contributed by atoms with Gasteiger partial charge in [-0.1, -0.05) is 23.4 Å². The first-order valence-electron chi connectivity index (χ1n) is 8.36. The van der Waals surface area contributed by atoms with Gasteiger partial charge in [0.15, 0.2) is 5.16 Å². The van der Waals surface area contributed by atoms with Crippen molar-refractivity contribution < 1.29 is 9.53 Å². The van der Waals surface area contributed by atoms with Gasteiger partial charge in [0.1, 0.15) is 10.9 Å². The van der Waals surface area contributed by atoms with Crippen LogP contribution in [0.15, 0.2) is 40.6 Å². The molecule has 0 fully saturated rings. The standard InChI is InChI=1S/C19H18ClN5O2S/c1-11-6-12(2)23-19(22-11)28-10-17(26)25-21-9-14-7-13-4-5-15(27-3)8-16(13)24-18(14)20/h4-9H,10H2,1-3H3,(H,25,26). The number of halogens is 1. The lowest BCUT2D eigenvalue weighted by molar-refractivity contribution is -0.118. The molecule has 144 valence electrons. The van der Waals surface area contributed by atoms with Crippen molar-refractivity contribution in [3.8, 4) is 5.75 Å². The summed E-state index contributed by atoms with van der Waals surface area (Å²) in [6.07, 6.45) is 1.47. The van der Waals surface area contributed by atoms with Gasteiger partial charge in [-0.3, -0.25) is 4.79 Å². The molecule has 0 aliphatic carbocycles. The van der Waals surface area contributed by atoms with E-state index >= 15 is 0 Å². The van der Waals surface area contributed by atoms with Gasteiger partial charge in [0.25, 0.3) is 5.91 Å². The first kappa shape index (κ1) is 20.0. The number of amides is 1. The summed E-state index contributed by atoms with van der Waals surface area (Å²) >= 11 is 7.46. The van der Waals surface area contributed by atoms with Gasteiger partial charge < -0.3 is 4.74 Å². The lowest BCUT2D eigenvalue weighted by Gasteiger charge is -2.05. The molecular weight excluding hydrogens is 398 g/mol. The van der Waals surface area contributed by atoms with Crippen molar-refractivity contribution in [2.24, 2.45) is 5.10 Å². The summed E-state index contributed by atoms with van der Waals surface area (Å²) in [5.74, 6) is 0.595. The van der Waals surface area contributed by atoms with Crippen LogP contribution in [0.3, 0.4) is 0 Å². The number of pyridine rings is 1. The van der Waals surface area contributed by atoms with Crippen LogP contribution < -0.4 is 10.2 Å². The lowest BCUT2D eigenvalue weighted by atomic mass is 10.1. The molecule has 0 spiro atoms. The quantitative estimate of drug-likeness (QED) is 0.218. The van der Waals surface area contributed by atoms with Gasteiger partial charge in [0, 0.05) is 28.4 Å². The molecule has 2 heterocycles. The zero-order chi connectivity index (χ0) is 20.1. The summed E-state index contributed by atoms with van der Waals surface area (Å²) in [5.41, 5.74) is 5.52. The van der Waals surface area contributed by atoms with E-state index in [0.717, 1.165) is 22.3 Å². The van der Waals surface area contributed by atoms with Gasteiger partial charge in [-0.25, -0.2) is 20.4 Å². The summed E-state index contributed by atoms with van der Waals surface area (Å²) in [6.45, 7) is 3.78. The molecule has 3 aromatic rings. The van der Waals surface area contributed by atoms with E-state index in [1.54, 1.807) is 13.2 Å². The fourth-order valence-electron chi connectivity index (χ4n) is 2.45. The van der Waals surface area contributed by atoms with Crippen LogP contribution in [-0.4, -0.2) is 39.9 Å². The van der Waals surface area contributed by atoms with Crippen LogP contribution in [0.2, 0.25) is 5.15 Å². The maximum atomic E-state index is 12.0. The minimum atomic E-state index is -0.265. The highest BCUT2D eigenvalue weighted by atomic mass is 35.5. The van der Waals surface area contributed by atoms with E-state index < -0.39 is 0 Å². The minimum Gasteiger partial charge on any atom is -0.497 e. The van der Waals surface area contributed by atoms with E-state index in [2.05, 4.69) is 25.5 Å². The maximum absolute atomic E-state index is 12.0. The molecule has 0 saturated heterocycles. The number of thioether (sulfide) groups is 1. The van der Waals surface area contributed by atoms with Crippen LogP contribution in [0, 0.1) is 13.8 Å². The first-order chi connectivity index (χ1) is 13.4. The smallest absolute Gasteiger partial charge is 0.250 e. The second kappa shape index (κ2) is 8.99. The fourth-order valence-corrected chi connectivity index (χ4v) is 3.39. The summed E-state index contributed by atoms with van der Waals surface area (Å²) in [4.78, 5) is 24.9. The summed E-state index contributed by atoms with van der Waals surface area (Å²) < 4.78 is 5.18. The van der Waals surface area contributed by atoms with Gasteiger partial charge in [0.05, 0.1) is 24.6 Å². The van der Waals surface area contributed by atoms with E-state index in [-0.39, 0.29) is 16.8 Å². The molecule has 1 amide bonds. The SMILES string of the molecule is COc1ccc2cc(C=NNC(=O)CSc3nc(C)cc(C)n3)c(Cl)nc2c1. The third-order valence-corrected chi connectivity index (χ3v) is 4.84. The Labute approximate surface area is 171 Å². The number of methoxy groups -OCH3 is 1. The molecule has 1 aromatic carbocycles. The molecular formula is C19H18ClN5O2S. The summed E-state index contributed by atoms with van der Waals surface area (Å²) in [5, 5.41) is 5.70. The molecule has 9 heteroatoms. The van der Waals surface area contributed by atoms with Crippen molar-refractivity contribution in [3.05, 3.63) is 52.4 Å². The Balaban J connectivity index is 1.62. The Hall–Kier alpha value is -2.71. The number of hydrogen-bond acceptors (Lipinski definition) is 7. The van der Waals surface area contributed by atoms with Crippen LogP contribution in [0.4, 0.5) is 0 Å². The number of hydrazone groups is 1. The monoisotopic (exact) mass is 415 g/mol. The van der Waals surface area contributed by atoms with Gasteiger partial charge in [0.2, 0.25) is 0 Å². The molecule has 7 nitrogen and oxygen atoms in total. The van der Waals surface area contributed by atoms with Crippen LogP contribution in [0.5, 0.6) is 5.75 Å². The predicted octanol–water partition coefficient (Wildman–Crippen LogP) is 3.55. The molecule has 0 saturated carbocycles. The molecule has 0 bridgehead atoms. The third-order valence-electron chi connectivity index (χ3n) is 3.69. The van der Waals surface area contributed by atoms with Crippen molar-refractivity contribution >= 4 is 46.4 Å². The molecule has 3 rings (SSSR count). The van der Waals surface area contributed by atoms with Crippen LogP contribution in [-0.2, 0) is 4.79 Å². The molecule has 0 aliphatic rings. The number of carbonyl (C=O) groups excluding carboxylic acids is 1. The number of ether oxygens (including phenoxy) is 1. The van der Waals surface area contributed by atoms with Crippen LogP contribution >= 0.6 is 23.4 Å². The number of nitrogens with zero attached hydrogens (tertiary/aromatic N) is 4. The number of aromatic nitrogens is 3. The number of benzene rings is 1. The van der Waals surface area contributed by atoms with Crippen LogP contribution in [0.1, 0.15) is 17.0 Å². The first-order valence-corrected chi connectivity index (χ1v) is 9.72. The van der Waals surface area contributed by atoms with E-state index in [9.17, 15) is 4.79 Å². The Kier molecular flexibility index (Phi) is 6.43. The number of nitrogens with one attached hydrogen (secondary N) is 1. The largest absolute Gasteiger partial charge is 0.497 e. The van der Waals surface area contributed by atoms with E-state index in [1.165, 1.54) is 18.0 Å². The van der Waals surface area contributed by atoms with Gasteiger partial charge >= 0.3 is 0 Å². The molecule has 0 aliphatic heterocycles. The number of hydrogen-bond donors (Lipinski definition) is 1. The Morgan fingerprint density at radius 3 is 2.68 bits per heavy atom.